The van der Waals surface area contributed by atoms with Gasteiger partial charge in [0.2, 0.25) is 5.91 Å². The van der Waals surface area contributed by atoms with Crippen LogP contribution >= 0.6 is 0 Å². The Bertz CT molecular complexity index is 769. The minimum Gasteiger partial charge on any atom is -0.481 e. The van der Waals surface area contributed by atoms with Crippen molar-refractivity contribution >= 4 is 18.0 Å². The van der Waals surface area contributed by atoms with Gasteiger partial charge >= 0.3 is 12.1 Å². The highest BCUT2D eigenvalue weighted by atomic mass is 16.6. The van der Waals surface area contributed by atoms with Crippen LogP contribution in [-0.4, -0.2) is 64.7 Å². The van der Waals surface area contributed by atoms with E-state index in [1.54, 1.807) is 0 Å². The zero-order valence-electron chi connectivity index (χ0n) is 15.2. The number of aryl methyl sites for hydroxylation is 1. The van der Waals surface area contributed by atoms with Crippen molar-refractivity contribution in [3.63, 3.8) is 0 Å². The number of nitrogens with zero attached hydrogens (tertiary/aromatic N) is 2. The zero-order valence-corrected chi connectivity index (χ0v) is 15.2. The van der Waals surface area contributed by atoms with Crippen LogP contribution in [0.4, 0.5) is 4.79 Å². The molecule has 2 fully saturated rings. The molecule has 144 valence electrons. The van der Waals surface area contributed by atoms with E-state index in [4.69, 9.17) is 9.84 Å². The average molecular weight is 372 g/mol. The SMILES string of the molecule is O=C(O)CCN1CC2(CCN(C(=O)C3CCc4ccccc43)CC2)OC1=O. The normalized spacial score (nSPS) is 23.4. The molecule has 2 aliphatic heterocycles. The molecule has 3 aliphatic rings. The number of likely N-dealkylation sites (tertiary alicyclic amines) is 1. The molecule has 7 heteroatoms. The van der Waals surface area contributed by atoms with Gasteiger partial charge in [-0.2, -0.15) is 0 Å². The van der Waals surface area contributed by atoms with E-state index in [1.165, 1.54) is 10.5 Å². The first-order valence-electron chi connectivity index (χ1n) is 9.54. The molecule has 2 saturated heterocycles. The van der Waals surface area contributed by atoms with Crippen molar-refractivity contribution in [2.45, 2.75) is 43.6 Å². The minimum absolute atomic E-state index is 0.0616. The summed E-state index contributed by atoms with van der Waals surface area (Å²) in [6.45, 7) is 1.71. The maximum absolute atomic E-state index is 13.0. The van der Waals surface area contributed by atoms with Gasteiger partial charge in [0.25, 0.3) is 0 Å². The van der Waals surface area contributed by atoms with Crippen molar-refractivity contribution in [1.82, 2.24) is 9.80 Å². The lowest BCUT2D eigenvalue weighted by Gasteiger charge is -2.38. The van der Waals surface area contributed by atoms with Gasteiger partial charge in [0.05, 0.1) is 18.9 Å². The van der Waals surface area contributed by atoms with Crippen LogP contribution in [-0.2, 0) is 20.7 Å². The molecule has 1 aliphatic carbocycles. The lowest BCUT2D eigenvalue weighted by atomic mass is 9.90. The molecular formula is C20H24N2O5. The van der Waals surface area contributed by atoms with Crippen LogP contribution in [0.5, 0.6) is 0 Å². The number of hydrogen-bond donors (Lipinski definition) is 1. The topological polar surface area (TPSA) is 87.2 Å². The third-order valence-corrected chi connectivity index (χ3v) is 6.05. The Hall–Kier alpha value is -2.57. The highest BCUT2D eigenvalue weighted by Gasteiger charge is 2.48. The second-order valence-corrected chi connectivity index (χ2v) is 7.73. The summed E-state index contributed by atoms with van der Waals surface area (Å²) in [5, 5.41) is 8.81. The Morgan fingerprint density at radius 3 is 2.70 bits per heavy atom. The third-order valence-electron chi connectivity index (χ3n) is 6.05. The Morgan fingerprint density at radius 2 is 1.96 bits per heavy atom. The summed E-state index contributed by atoms with van der Waals surface area (Å²) in [7, 11) is 0. The first kappa shape index (κ1) is 17.8. The summed E-state index contributed by atoms with van der Waals surface area (Å²) in [6, 6.07) is 8.15. The number of carboxylic acid groups (broad SMARTS) is 1. The second kappa shape index (κ2) is 6.87. The quantitative estimate of drug-likeness (QED) is 0.874. The summed E-state index contributed by atoms with van der Waals surface area (Å²) in [5.74, 6) is -0.823. The number of hydrogen-bond acceptors (Lipinski definition) is 4. The largest absolute Gasteiger partial charge is 0.481 e. The predicted octanol–water partition coefficient (Wildman–Crippen LogP) is 2.00. The average Bonchev–Trinajstić information content (AvgIpc) is 3.21. The van der Waals surface area contributed by atoms with Crippen LogP contribution in [0.2, 0.25) is 0 Å². The second-order valence-electron chi connectivity index (χ2n) is 7.73. The van der Waals surface area contributed by atoms with Crippen molar-refractivity contribution in [2.75, 3.05) is 26.2 Å². The third kappa shape index (κ3) is 3.38. The van der Waals surface area contributed by atoms with Gasteiger partial charge in [-0.05, 0) is 24.0 Å². The van der Waals surface area contributed by atoms with Gasteiger partial charge in [-0.3, -0.25) is 9.59 Å². The number of carboxylic acids is 1. The van der Waals surface area contributed by atoms with E-state index < -0.39 is 17.7 Å². The van der Waals surface area contributed by atoms with Crippen LogP contribution in [0, 0.1) is 0 Å². The standard InChI is InChI=1S/C20H24N2O5/c23-17(24)7-10-22-13-20(27-19(22)26)8-11-21(12-9-20)18(25)16-6-5-14-3-1-2-4-15(14)16/h1-4,16H,5-13H2,(H,23,24). The van der Waals surface area contributed by atoms with Crippen molar-refractivity contribution in [1.29, 1.82) is 0 Å². The summed E-state index contributed by atoms with van der Waals surface area (Å²) >= 11 is 0. The fourth-order valence-corrected chi connectivity index (χ4v) is 4.52. The van der Waals surface area contributed by atoms with Gasteiger partial charge < -0.3 is 19.6 Å². The molecule has 4 rings (SSSR count). The molecule has 27 heavy (non-hydrogen) atoms. The van der Waals surface area contributed by atoms with Crippen LogP contribution in [0.3, 0.4) is 0 Å². The fourth-order valence-electron chi connectivity index (χ4n) is 4.52. The van der Waals surface area contributed by atoms with Gasteiger partial charge in [-0.1, -0.05) is 24.3 Å². The first-order chi connectivity index (χ1) is 13.0. The molecule has 1 aromatic carbocycles. The van der Waals surface area contributed by atoms with E-state index in [2.05, 4.69) is 12.1 Å². The molecule has 2 heterocycles. The van der Waals surface area contributed by atoms with Gasteiger partial charge in [-0.15, -0.1) is 0 Å². The van der Waals surface area contributed by atoms with Gasteiger partial charge in [0.15, 0.2) is 0 Å². The highest BCUT2D eigenvalue weighted by Crippen LogP contribution is 2.37. The molecule has 0 saturated carbocycles. The number of ether oxygens (including phenoxy) is 1. The van der Waals surface area contributed by atoms with E-state index in [0.717, 1.165) is 18.4 Å². The molecule has 2 amide bonds. The van der Waals surface area contributed by atoms with E-state index in [-0.39, 0.29) is 24.8 Å². The van der Waals surface area contributed by atoms with E-state index in [0.29, 0.717) is 32.5 Å². The smallest absolute Gasteiger partial charge is 0.410 e. The predicted molar refractivity (Wildman–Crippen MR) is 96.4 cm³/mol. The molecular weight excluding hydrogens is 348 g/mol. The molecule has 0 radical (unpaired) electrons. The summed E-state index contributed by atoms with van der Waals surface area (Å²) < 4.78 is 5.60. The number of carbonyl (C=O) groups is 3. The van der Waals surface area contributed by atoms with Gasteiger partial charge in [-0.25, -0.2) is 4.79 Å². The number of piperidine rings is 1. The van der Waals surface area contributed by atoms with E-state index in [1.807, 2.05) is 17.0 Å². The maximum Gasteiger partial charge on any atom is 0.410 e. The fraction of sp³-hybridized carbons (Fsp3) is 0.550. The maximum atomic E-state index is 13.0. The molecule has 0 aromatic heterocycles. The van der Waals surface area contributed by atoms with Gasteiger partial charge in [0.1, 0.15) is 5.60 Å². The van der Waals surface area contributed by atoms with E-state index in [9.17, 15) is 14.4 Å². The van der Waals surface area contributed by atoms with Crippen molar-refractivity contribution in [3.8, 4) is 0 Å². The molecule has 1 atom stereocenters. The van der Waals surface area contributed by atoms with Crippen molar-refractivity contribution in [2.24, 2.45) is 0 Å². The van der Waals surface area contributed by atoms with E-state index >= 15 is 0 Å². The van der Waals surface area contributed by atoms with Crippen molar-refractivity contribution in [3.05, 3.63) is 35.4 Å². The lowest BCUT2D eigenvalue weighted by Crippen LogP contribution is -2.49. The number of rotatable bonds is 4. The lowest BCUT2D eigenvalue weighted by molar-refractivity contribution is -0.138. The Morgan fingerprint density at radius 1 is 1.22 bits per heavy atom. The molecule has 1 unspecified atom stereocenters. The summed E-state index contributed by atoms with van der Waals surface area (Å²) in [4.78, 5) is 39.2. The van der Waals surface area contributed by atoms with Crippen LogP contribution in [0.25, 0.3) is 0 Å². The number of amides is 2. The zero-order chi connectivity index (χ0) is 19.0. The van der Waals surface area contributed by atoms with Gasteiger partial charge in [0, 0.05) is 32.5 Å². The molecule has 1 N–H and O–H groups in total. The molecule has 7 nitrogen and oxygen atoms in total. The summed E-state index contributed by atoms with van der Waals surface area (Å²) in [5.41, 5.74) is 1.83. The Kier molecular flexibility index (Phi) is 4.53. The highest BCUT2D eigenvalue weighted by molar-refractivity contribution is 5.85. The van der Waals surface area contributed by atoms with Crippen molar-refractivity contribution < 1.29 is 24.2 Å². The summed E-state index contributed by atoms with van der Waals surface area (Å²) in [6.07, 6.45) is 2.47. The molecule has 1 spiro atoms. The van der Waals surface area contributed by atoms with Crippen LogP contribution < -0.4 is 0 Å². The number of fused-ring (bicyclic) bond motifs is 1. The Labute approximate surface area is 157 Å². The number of benzene rings is 1. The van der Waals surface area contributed by atoms with Crippen LogP contribution in [0.1, 0.15) is 42.7 Å². The first-order valence-corrected chi connectivity index (χ1v) is 9.54. The number of aliphatic carboxylic acids is 1. The monoisotopic (exact) mass is 372 g/mol. The number of carbonyl (C=O) groups excluding carboxylic acids is 2. The Balaban J connectivity index is 1.36. The minimum atomic E-state index is -0.930. The molecule has 0 bridgehead atoms. The molecule has 1 aromatic rings. The van der Waals surface area contributed by atoms with Crippen LogP contribution in [0.15, 0.2) is 24.3 Å².